The molecule has 31 heavy (non-hydrogen) atoms. The Hall–Kier alpha value is -2.80. The van der Waals surface area contributed by atoms with Crippen LogP contribution < -0.4 is 5.73 Å². The Morgan fingerprint density at radius 1 is 1.03 bits per heavy atom. The molecule has 2 fully saturated rings. The lowest BCUT2D eigenvalue weighted by atomic mass is 9.87. The second-order valence-corrected chi connectivity index (χ2v) is 8.58. The first-order chi connectivity index (χ1) is 15.1. The summed E-state index contributed by atoms with van der Waals surface area (Å²) in [5.41, 5.74) is 10.2. The van der Waals surface area contributed by atoms with Gasteiger partial charge in [0.25, 0.3) is 0 Å². The number of nitrogen functional groups attached to an aromatic ring is 1. The molecule has 4 heterocycles. The number of allylic oxidation sites excluding steroid dienone is 1. The van der Waals surface area contributed by atoms with E-state index in [1.807, 2.05) is 37.8 Å². The number of nitrogens with two attached hydrogens (primary N) is 1. The molecular weight excluding hydrogens is 386 g/mol. The Kier molecular flexibility index (Phi) is 6.92. The van der Waals surface area contributed by atoms with Crippen LogP contribution in [0.15, 0.2) is 54.1 Å². The first-order valence-electron chi connectivity index (χ1n) is 11.2. The summed E-state index contributed by atoms with van der Waals surface area (Å²) in [6, 6.07) is 6.06. The summed E-state index contributed by atoms with van der Waals surface area (Å²) < 4.78 is 0. The Labute approximate surface area is 185 Å². The number of aromatic nitrogens is 3. The van der Waals surface area contributed by atoms with Crippen LogP contribution >= 0.6 is 0 Å². The quantitative estimate of drug-likeness (QED) is 0.725. The minimum atomic E-state index is 0.333. The molecule has 2 saturated heterocycles. The standard InChI is InChI=1S/C24H33N7/c1-18(20-6-11-30(12-7-20)17-19-15-28-24(25)29-16-19)31-13-8-21(9-14-31)23(26-2)22-5-3-4-10-27-22/h3-5,10,15-16,20-21H,1,6-9,11-14,17H2,2H3,(H2,25,28,29)/b26-23+. The predicted octanol–water partition coefficient (Wildman–Crippen LogP) is 3.01. The van der Waals surface area contributed by atoms with Crippen LogP contribution in [0.5, 0.6) is 0 Å². The molecule has 2 aromatic rings. The number of pyridine rings is 1. The largest absolute Gasteiger partial charge is 0.375 e. The Balaban J connectivity index is 1.25. The van der Waals surface area contributed by atoms with E-state index in [1.54, 1.807) is 0 Å². The van der Waals surface area contributed by atoms with Gasteiger partial charge >= 0.3 is 0 Å². The Bertz CT molecular complexity index is 878. The van der Waals surface area contributed by atoms with Crippen molar-refractivity contribution in [1.29, 1.82) is 0 Å². The summed E-state index contributed by atoms with van der Waals surface area (Å²) in [6.07, 6.45) is 10.0. The maximum absolute atomic E-state index is 5.58. The minimum absolute atomic E-state index is 0.333. The molecule has 0 aromatic carbocycles. The van der Waals surface area contributed by atoms with Crippen molar-refractivity contribution in [2.45, 2.75) is 32.2 Å². The summed E-state index contributed by atoms with van der Waals surface area (Å²) in [5.74, 6) is 1.39. The number of nitrogens with zero attached hydrogens (tertiary/aromatic N) is 6. The van der Waals surface area contributed by atoms with Crippen LogP contribution in [0.3, 0.4) is 0 Å². The molecule has 0 spiro atoms. The molecule has 0 amide bonds. The highest BCUT2D eigenvalue weighted by Gasteiger charge is 2.29. The van der Waals surface area contributed by atoms with E-state index in [9.17, 15) is 0 Å². The highest BCUT2D eigenvalue weighted by Crippen LogP contribution is 2.31. The zero-order valence-electron chi connectivity index (χ0n) is 18.5. The predicted molar refractivity (Wildman–Crippen MR) is 125 cm³/mol. The van der Waals surface area contributed by atoms with Crippen LogP contribution in [-0.4, -0.2) is 63.7 Å². The fourth-order valence-corrected chi connectivity index (χ4v) is 4.85. The number of rotatable bonds is 6. The van der Waals surface area contributed by atoms with Crippen LogP contribution in [0.4, 0.5) is 5.95 Å². The number of anilines is 1. The van der Waals surface area contributed by atoms with Crippen molar-refractivity contribution in [2.24, 2.45) is 16.8 Å². The van der Waals surface area contributed by atoms with Gasteiger partial charge in [-0.2, -0.15) is 0 Å². The smallest absolute Gasteiger partial charge is 0.219 e. The van der Waals surface area contributed by atoms with Crippen LogP contribution in [0.1, 0.15) is 36.9 Å². The second kappa shape index (κ2) is 10.0. The lowest BCUT2D eigenvalue weighted by Crippen LogP contribution is -2.40. The molecule has 7 nitrogen and oxygen atoms in total. The molecule has 0 bridgehead atoms. The van der Waals surface area contributed by atoms with Crippen LogP contribution in [0.2, 0.25) is 0 Å². The molecular formula is C24H33N7. The number of piperidine rings is 2. The highest BCUT2D eigenvalue weighted by molar-refractivity contribution is 6.00. The molecule has 0 atom stereocenters. The summed E-state index contributed by atoms with van der Waals surface area (Å²) in [4.78, 5) is 22.3. The van der Waals surface area contributed by atoms with Gasteiger partial charge in [0.15, 0.2) is 0 Å². The van der Waals surface area contributed by atoms with Gasteiger partial charge in [-0.3, -0.25) is 14.9 Å². The van der Waals surface area contributed by atoms with E-state index >= 15 is 0 Å². The van der Waals surface area contributed by atoms with E-state index in [0.717, 1.165) is 75.4 Å². The van der Waals surface area contributed by atoms with E-state index in [4.69, 9.17) is 5.73 Å². The molecule has 2 aromatic heterocycles. The van der Waals surface area contributed by atoms with Gasteiger partial charge in [-0.1, -0.05) is 12.6 Å². The van der Waals surface area contributed by atoms with Crippen molar-refractivity contribution < 1.29 is 0 Å². The molecule has 0 radical (unpaired) electrons. The zero-order valence-corrected chi connectivity index (χ0v) is 18.5. The average Bonchev–Trinajstić information content (AvgIpc) is 2.82. The number of likely N-dealkylation sites (tertiary alicyclic amines) is 2. The number of hydrogen-bond donors (Lipinski definition) is 1. The van der Waals surface area contributed by atoms with Crippen molar-refractivity contribution in [3.8, 4) is 0 Å². The molecule has 4 rings (SSSR count). The number of hydrogen-bond acceptors (Lipinski definition) is 7. The van der Waals surface area contributed by atoms with E-state index in [0.29, 0.717) is 17.8 Å². The van der Waals surface area contributed by atoms with Gasteiger partial charge < -0.3 is 10.6 Å². The summed E-state index contributed by atoms with van der Waals surface area (Å²) >= 11 is 0. The van der Waals surface area contributed by atoms with Crippen LogP contribution in [-0.2, 0) is 6.54 Å². The van der Waals surface area contributed by atoms with Gasteiger partial charge in [-0.25, -0.2) is 9.97 Å². The van der Waals surface area contributed by atoms with Crippen LogP contribution in [0.25, 0.3) is 0 Å². The van der Waals surface area contributed by atoms with Gasteiger partial charge in [0.05, 0.1) is 11.4 Å². The lowest BCUT2D eigenvalue weighted by molar-refractivity contribution is 0.160. The maximum atomic E-state index is 5.58. The van der Waals surface area contributed by atoms with Crippen LogP contribution in [0, 0.1) is 11.8 Å². The molecule has 164 valence electrons. The lowest BCUT2D eigenvalue weighted by Gasteiger charge is -2.40. The fraction of sp³-hybridized carbons (Fsp3) is 0.500. The van der Waals surface area contributed by atoms with E-state index in [1.165, 1.54) is 5.70 Å². The first-order valence-corrected chi connectivity index (χ1v) is 11.2. The van der Waals surface area contributed by atoms with Crippen molar-refractivity contribution in [1.82, 2.24) is 24.8 Å². The van der Waals surface area contributed by atoms with E-state index < -0.39 is 0 Å². The van der Waals surface area contributed by atoms with Gasteiger partial charge in [-0.05, 0) is 50.9 Å². The highest BCUT2D eigenvalue weighted by atomic mass is 15.2. The maximum Gasteiger partial charge on any atom is 0.219 e. The van der Waals surface area contributed by atoms with Gasteiger partial charge in [0.1, 0.15) is 0 Å². The Morgan fingerprint density at radius 2 is 1.71 bits per heavy atom. The summed E-state index contributed by atoms with van der Waals surface area (Å²) in [7, 11) is 1.89. The fourth-order valence-electron chi connectivity index (χ4n) is 4.85. The number of aliphatic imine (C=N–C) groups is 1. The third-order valence-corrected chi connectivity index (χ3v) is 6.65. The van der Waals surface area contributed by atoms with Crippen molar-refractivity contribution in [3.63, 3.8) is 0 Å². The molecule has 0 unspecified atom stereocenters. The van der Waals surface area contributed by atoms with Crippen molar-refractivity contribution >= 4 is 11.7 Å². The summed E-state index contributed by atoms with van der Waals surface area (Å²) in [6.45, 7) is 9.65. The van der Waals surface area contributed by atoms with E-state index in [2.05, 4.69) is 42.4 Å². The molecule has 2 aliphatic rings. The zero-order chi connectivity index (χ0) is 21.6. The van der Waals surface area contributed by atoms with Gasteiger partial charge in [0.2, 0.25) is 5.95 Å². The second-order valence-electron chi connectivity index (χ2n) is 8.58. The summed E-state index contributed by atoms with van der Waals surface area (Å²) in [5, 5.41) is 0. The average molecular weight is 420 g/mol. The first kappa shape index (κ1) is 21.4. The third-order valence-electron chi connectivity index (χ3n) is 6.65. The van der Waals surface area contributed by atoms with Gasteiger partial charge in [0, 0.05) is 68.4 Å². The molecule has 0 aliphatic carbocycles. The van der Waals surface area contributed by atoms with Crippen molar-refractivity contribution in [3.05, 3.63) is 60.3 Å². The third kappa shape index (κ3) is 5.28. The van der Waals surface area contributed by atoms with E-state index in [-0.39, 0.29) is 0 Å². The molecule has 0 saturated carbocycles. The normalized spacial score (nSPS) is 19.5. The molecule has 2 aliphatic heterocycles. The van der Waals surface area contributed by atoms with Crippen molar-refractivity contribution in [2.75, 3.05) is 39.0 Å². The SMILES string of the molecule is C=C(C1CCN(Cc2cnc(N)nc2)CC1)N1CCC(/C(=N\C)c2ccccn2)CC1. The monoisotopic (exact) mass is 419 g/mol. The minimum Gasteiger partial charge on any atom is -0.375 e. The Morgan fingerprint density at radius 3 is 2.32 bits per heavy atom. The molecule has 7 heteroatoms. The molecule has 2 N–H and O–H groups in total. The van der Waals surface area contributed by atoms with Gasteiger partial charge in [-0.15, -0.1) is 0 Å². The topological polar surface area (TPSA) is 83.5 Å².